The highest BCUT2D eigenvalue weighted by molar-refractivity contribution is 6.30. The summed E-state index contributed by atoms with van der Waals surface area (Å²) in [5, 5.41) is 14.6. The molecule has 0 bridgehead atoms. The number of benzene rings is 1. The van der Waals surface area contributed by atoms with Gasteiger partial charge in [0.25, 0.3) is 0 Å². The van der Waals surface area contributed by atoms with E-state index in [0.717, 1.165) is 5.56 Å². The minimum Gasteiger partial charge on any atom is -0.464 e. The lowest BCUT2D eigenvalue weighted by Gasteiger charge is -2.27. The van der Waals surface area contributed by atoms with Crippen molar-refractivity contribution >= 4 is 29.3 Å². The van der Waals surface area contributed by atoms with Gasteiger partial charge in [0, 0.05) is 5.02 Å². The fraction of sp³-hybridized carbons (Fsp3) is 0.214. The number of hydrogen-bond donors (Lipinski definition) is 1. The van der Waals surface area contributed by atoms with E-state index in [1.165, 1.54) is 18.7 Å². The van der Waals surface area contributed by atoms with Crippen molar-refractivity contribution in [2.45, 2.75) is 13.0 Å². The number of esters is 1. The summed E-state index contributed by atoms with van der Waals surface area (Å²) >= 11 is 5.92. The first-order chi connectivity index (χ1) is 11.0. The Hall–Kier alpha value is -2.74. The molecule has 0 spiro atoms. The van der Waals surface area contributed by atoms with Crippen molar-refractivity contribution in [1.82, 2.24) is 20.2 Å². The molecule has 3 rings (SSSR count). The topological polar surface area (TPSA) is 99.0 Å². The van der Waals surface area contributed by atoms with Gasteiger partial charge < -0.3 is 10.1 Å². The standard InChI is InChI=1S/C14H12ClN5O3/c1-7(21)10-11(13(22)23-2)16-14-17-18-19-20(14)12(10)8-3-5-9(15)6-4-8/h3-6,12H,1-2H3,(H,16,17,19)/t12-/m0/s1. The zero-order valence-corrected chi connectivity index (χ0v) is 13.0. The molecule has 23 heavy (non-hydrogen) atoms. The molecule has 1 aliphatic rings. The summed E-state index contributed by atoms with van der Waals surface area (Å²) in [5.74, 6) is -0.710. The van der Waals surface area contributed by atoms with Crippen LogP contribution in [0.2, 0.25) is 5.02 Å². The van der Waals surface area contributed by atoms with E-state index in [0.29, 0.717) is 5.02 Å². The summed E-state index contributed by atoms with van der Waals surface area (Å²) in [7, 11) is 1.24. The molecule has 1 aromatic heterocycles. The molecular formula is C14H12ClN5O3. The van der Waals surface area contributed by atoms with Crippen LogP contribution in [0, 0.1) is 0 Å². The number of ether oxygens (including phenoxy) is 1. The van der Waals surface area contributed by atoms with Crippen LogP contribution in [-0.2, 0) is 14.3 Å². The minimum absolute atomic E-state index is 0.0299. The number of halogens is 1. The lowest BCUT2D eigenvalue weighted by molar-refractivity contribution is -0.136. The second-order valence-corrected chi connectivity index (χ2v) is 5.30. The van der Waals surface area contributed by atoms with Crippen LogP contribution < -0.4 is 5.32 Å². The van der Waals surface area contributed by atoms with Crippen LogP contribution >= 0.6 is 11.6 Å². The molecule has 0 saturated heterocycles. The molecule has 1 N–H and O–H groups in total. The van der Waals surface area contributed by atoms with Crippen molar-refractivity contribution in [2.24, 2.45) is 0 Å². The van der Waals surface area contributed by atoms with Gasteiger partial charge in [-0.1, -0.05) is 28.8 Å². The van der Waals surface area contributed by atoms with Crippen molar-refractivity contribution in [3.8, 4) is 0 Å². The monoisotopic (exact) mass is 333 g/mol. The highest BCUT2D eigenvalue weighted by Crippen LogP contribution is 2.35. The molecule has 2 aromatic rings. The van der Waals surface area contributed by atoms with Crippen LogP contribution in [0.25, 0.3) is 0 Å². The maximum absolute atomic E-state index is 12.2. The summed E-state index contributed by atoms with van der Waals surface area (Å²) < 4.78 is 6.19. The molecular weight excluding hydrogens is 322 g/mol. The van der Waals surface area contributed by atoms with Gasteiger partial charge in [0.1, 0.15) is 11.7 Å². The van der Waals surface area contributed by atoms with Gasteiger partial charge in [-0.3, -0.25) is 4.79 Å². The summed E-state index contributed by atoms with van der Waals surface area (Å²) in [6, 6.07) is 6.24. The van der Waals surface area contributed by atoms with Crippen LogP contribution in [0.3, 0.4) is 0 Å². The fourth-order valence-corrected chi connectivity index (χ4v) is 2.60. The van der Waals surface area contributed by atoms with E-state index in [-0.39, 0.29) is 23.0 Å². The van der Waals surface area contributed by atoms with Crippen molar-refractivity contribution in [1.29, 1.82) is 0 Å². The number of tetrazole rings is 1. The minimum atomic E-state index is -0.664. The number of methoxy groups -OCH3 is 1. The van der Waals surface area contributed by atoms with E-state index in [2.05, 4.69) is 20.8 Å². The predicted octanol–water partition coefficient (Wildman–Crippen LogP) is 1.36. The molecule has 0 amide bonds. The van der Waals surface area contributed by atoms with Gasteiger partial charge in [0.05, 0.1) is 12.7 Å². The Balaban J connectivity index is 2.23. The van der Waals surface area contributed by atoms with E-state index >= 15 is 0 Å². The fourth-order valence-electron chi connectivity index (χ4n) is 2.47. The lowest BCUT2D eigenvalue weighted by atomic mass is 9.93. The van der Waals surface area contributed by atoms with E-state index in [4.69, 9.17) is 16.3 Å². The molecule has 1 atom stereocenters. The third-order valence-electron chi connectivity index (χ3n) is 3.47. The second-order valence-electron chi connectivity index (χ2n) is 4.86. The normalized spacial score (nSPS) is 16.6. The van der Waals surface area contributed by atoms with Gasteiger partial charge in [-0.05, 0) is 35.0 Å². The SMILES string of the molecule is COC(=O)C1=C(C(C)=O)[C@H](c2ccc(Cl)cc2)n2nnnc2N1. The summed E-state index contributed by atoms with van der Waals surface area (Å²) in [5.41, 5.74) is 0.970. The van der Waals surface area contributed by atoms with Gasteiger partial charge in [-0.25, -0.2) is 4.79 Å². The molecule has 0 saturated carbocycles. The number of fused-ring (bicyclic) bond motifs is 1. The maximum Gasteiger partial charge on any atom is 0.355 e. The molecule has 2 heterocycles. The third-order valence-corrected chi connectivity index (χ3v) is 3.72. The maximum atomic E-state index is 12.2. The summed E-state index contributed by atoms with van der Waals surface area (Å²) in [6.07, 6.45) is 0. The van der Waals surface area contributed by atoms with Crippen molar-refractivity contribution in [3.05, 3.63) is 46.1 Å². The predicted molar refractivity (Wildman–Crippen MR) is 80.8 cm³/mol. The van der Waals surface area contributed by atoms with Gasteiger partial charge >= 0.3 is 5.97 Å². The number of aromatic nitrogens is 4. The Kier molecular flexibility index (Phi) is 3.83. The first-order valence-electron chi connectivity index (χ1n) is 6.66. The first kappa shape index (κ1) is 15.2. The molecule has 1 aromatic carbocycles. The van der Waals surface area contributed by atoms with E-state index in [9.17, 15) is 9.59 Å². The van der Waals surface area contributed by atoms with Crippen LogP contribution in [0.1, 0.15) is 18.5 Å². The van der Waals surface area contributed by atoms with Crippen LogP contribution in [-0.4, -0.2) is 39.1 Å². The van der Waals surface area contributed by atoms with E-state index in [1.807, 2.05) is 0 Å². The summed E-state index contributed by atoms with van der Waals surface area (Å²) in [6.45, 7) is 1.37. The average Bonchev–Trinajstić information content (AvgIpc) is 3.01. The van der Waals surface area contributed by atoms with Gasteiger partial charge in [0.2, 0.25) is 5.95 Å². The van der Waals surface area contributed by atoms with Crippen molar-refractivity contribution < 1.29 is 14.3 Å². The number of nitrogens with one attached hydrogen (secondary N) is 1. The Morgan fingerprint density at radius 2 is 2.00 bits per heavy atom. The van der Waals surface area contributed by atoms with Gasteiger partial charge in [-0.15, -0.1) is 0 Å². The largest absolute Gasteiger partial charge is 0.464 e. The molecule has 9 heteroatoms. The zero-order valence-electron chi connectivity index (χ0n) is 12.3. The summed E-state index contributed by atoms with van der Waals surface area (Å²) in [4.78, 5) is 24.2. The number of Topliss-reactive ketones (excluding diaryl/α,β-unsaturated/α-hetero) is 1. The number of nitrogens with zero attached hydrogens (tertiary/aromatic N) is 4. The third kappa shape index (κ3) is 2.57. The Morgan fingerprint density at radius 3 is 2.61 bits per heavy atom. The van der Waals surface area contributed by atoms with Gasteiger partial charge in [-0.2, -0.15) is 4.68 Å². The molecule has 0 aliphatic carbocycles. The Bertz CT molecular complexity index is 812. The molecule has 8 nitrogen and oxygen atoms in total. The Labute approximate surface area is 136 Å². The number of anilines is 1. The first-order valence-corrected chi connectivity index (χ1v) is 7.04. The number of carbonyl (C=O) groups is 2. The van der Waals surface area contributed by atoms with E-state index < -0.39 is 12.0 Å². The number of allylic oxidation sites excluding steroid dienone is 1. The number of carbonyl (C=O) groups excluding carboxylic acids is 2. The molecule has 0 unspecified atom stereocenters. The van der Waals surface area contributed by atoms with Crippen molar-refractivity contribution in [2.75, 3.05) is 12.4 Å². The number of hydrogen-bond acceptors (Lipinski definition) is 7. The zero-order chi connectivity index (χ0) is 16.6. The highest BCUT2D eigenvalue weighted by Gasteiger charge is 2.36. The highest BCUT2D eigenvalue weighted by atomic mass is 35.5. The number of rotatable bonds is 3. The number of ketones is 1. The average molecular weight is 334 g/mol. The van der Waals surface area contributed by atoms with Gasteiger partial charge in [0.15, 0.2) is 5.78 Å². The second kappa shape index (κ2) is 5.81. The van der Waals surface area contributed by atoms with Crippen molar-refractivity contribution in [3.63, 3.8) is 0 Å². The smallest absolute Gasteiger partial charge is 0.355 e. The Morgan fingerprint density at radius 1 is 1.30 bits per heavy atom. The lowest BCUT2D eigenvalue weighted by Crippen LogP contribution is -2.32. The molecule has 0 radical (unpaired) electrons. The van der Waals surface area contributed by atoms with Crippen LogP contribution in [0.15, 0.2) is 35.5 Å². The van der Waals surface area contributed by atoms with Crippen LogP contribution in [0.4, 0.5) is 5.95 Å². The molecule has 118 valence electrons. The molecule has 0 fully saturated rings. The van der Waals surface area contributed by atoms with Crippen LogP contribution in [0.5, 0.6) is 0 Å². The van der Waals surface area contributed by atoms with E-state index in [1.54, 1.807) is 24.3 Å². The molecule has 1 aliphatic heterocycles. The quantitative estimate of drug-likeness (QED) is 0.846.